The second kappa shape index (κ2) is 6.89. The molecule has 18 heavy (non-hydrogen) atoms. The molecule has 100 valence electrons. The molecule has 0 bridgehead atoms. The zero-order chi connectivity index (χ0) is 13.5. The van der Waals surface area contributed by atoms with Gasteiger partial charge in [0.1, 0.15) is 0 Å². The predicted octanol–water partition coefficient (Wildman–Crippen LogP) is 2.01. The molecule has 1 amide bonds. The van der Waals surface area contributed by atoms with E-state index in [2.05, 4.69) is 17.1 Å². The van der Waals surface area contributed by atoms with Crippen LogP contribution in [0.2, 0.25) is 0 Å². The van der Waals surface area contributed by atoms with Crippen molar-refractivity contribution in [2.45, 2.75) is 33.2 Å². The third-order valence-corrected chi connectivity index (χ3v) is 2.54. The lowest BCUT2D eigenvalue weighted by Crippen LogP contribution is -2.40. The lowest BCUT2D eigenvalue weighted by Gasteiger charge is -2.24. The summed E-state index contributed by atoms with van der Waals surface area (Å²) in [6.45, 7) is 7.27. The van der Waals surface area contributed by atoms with Crippen LogP contribution < -0.4 is 16.0 Å². The van der Waals surface area contributed by atoms with Crippen molar-refractivity contribution >= 4 is 17.3 Å². The second-order valence-corrected chi connectivity index (χ2v) is 4.74. The Morgan fingerprint density at radius 3 is 2.44 bits per heavy atom. The summed E-state index contributed by atoms with van der Waals surface area (Å²) in [6, 6.07) is 7.80. The number of rotatable bonds is 6. The van der Waals surface area contributed by atoms with E-state index in [0.717, 1.165) is 24.3 Å². The van der Waals surface area contributed by atoms with E-state index >= 15 is 0 Å². The van der Waals surface area contributed by atoms with Gasteiger partial charge in [-0.05, 0) is 44.5 Å². The molecule has 0 saturated heterocycles. The fourth-order valence-corrected chi connectivity index (χ4v) is 1.80. The van der Waals surface area contributed by atoms with E-state index in [9.17, 15) is 4.79 Å². The number of carbonyl (C=O) groups excluding carboxylic acids is 1. The highest BCUT2D eigenvalue weighted by Crippen LogP contribution is 2.16. The van der Waals surface area contributed by atoms with Crippen molar-refractivity contribution in [1.82, 2.24) is 5.32 Å². The maximum absolute atomic E-state index is 11.8. The first-order valence-electron chi connectivity index (χ1n) is 6.42. The fraction of sp³-hybridized carbons (Fsp3) is 0.500. The molecule has 1 aromatic carbocycles. The summed E-state index contributed by atoms with van der Waals surface area (Å²) >= 11 is 0. The predicted molar refractivity (Wildman–Crippen MR) is 76.6 cm³/mol. The van der Waals surface area contributed by atoms with Gasteiger partial charge in [0.25, 0.3) is 0 Å². The van der Waals surface area contributed by atoms with E-state index in [4.69, 9.17) is 5.73 Å². The lowest BCUT2D eigenvalue weighted by molar-refractivity contribution is -0.120. The van der Waals surface area contributed by atoms with Crippen LogP contribution in [0.5, 0.6) is 0 Å². The molecular weight excluding hydrogens is 226 g/mol. The molecule has 0 aliphatic rings. The standard InChI is InChI=1S/C14H23N3O/c1-4-9-17(10-14(18)16-11(2)3)13-7-5-12(15)6-8-13/h5-8,11H,4,9-10,15H2,1-3H3,(H,16,18). The molecule has 0 aliphatic carbocycles. The van der Waals surface area contributed by atoms with Crippen LogP contribution in [0, 0.1) is 0 Å². The first-order valence-corrected chi connectivity index (χ1v) is 6.42. The number of nitrogen functional groups attached to an aromatic ring is 1. The number of hydrogen-bond donors (Lipinski definition) is 2. The van der Waals surface area contributed by atoms with E-state index in [-0.39, 0.29) is 11.9 Å². The average molecular weight is 249 g/mol. The minimum atomic E-state index is 0.0512. The minimum Gasteiger partial charge on any atom is -0.399 e. The number of anilines is 2. The SMILES string of the molecule is CCCN(CC(=O)NC(C)C)c1ccc(N)cc1. The summed E-state index contributed by atoms with van der Waals surface area (Å²) < 4.78 is 0. The monoisotopic (exact) mass is 249 g/mol. The Hall–Kier alpha value is -1.71. The highest BCUT2D eigenvalue weighted by atomic mass is 16.2. The second-order valence-electron chi connectivity index (χ2n) is 4.74. The van der Waals surface area contributed by atoms with Gasteiger partial charge in [-0.15, -0.1) is 0 Å². The molecule has 4 nitrogen and oxygen atoms in total. The molecule has 0 fully saturated rings. The first kappa shape index (κ1) is 14.4. The molecule has 0 aliphatic heterocycles. The maximum Gasteiger partial charge on any atom is 0.239 e. The number of amides is 1. The van der Waals surface area contributed by atoms with E-state index in [1.807, 2.05) is 38.1 Å². The molecule has 1 aromatic rings. The van der Waals surface area contributed by atoms with Crippen LogP contribution in [-0.2, 0) is 4.79 Å². The Labute approximate surface area is 109 Å². The number of carbonyl (C=O) groups is 1. The highest BCUT2D eigenvalue weighted by Gasteiger charge is 2.11. The van der Waals surface area contributed by atoms with E-state index in [1.54, 1.807) is 0 Å². The van der Waals surface area contributed by atoms with Crippen molar-refractivity contribution in [2.75, 3.05) is 23.7 Å². The maximum atomic E-state index is 11.8. The molecule has 0 atom stereocenters. The van der Waals surface area contributed by atoms with Crippen molar-refractivity contribution in [3.63, 3.8) is 0 Å². The number of nitrogens with zero attached hydrogens (tertiary/aromatic N) is 1. The van der Waals surface area contributed by atoms with Crippen LogP contribution in [0.3, 0.4) is 0 Å². The van der Waals surface area contributed by atoms with Gasteiger partial charge in [0.05, 0.1) is 6.54 Å². The van der Waals surface area contributed by atoms with Gasteiger partial charge in [0.15, 0.2) is 0 Å². The topological polar surface area (TPSA) is 58.4 Å². The van der Waals surface area contributed by atoms with E-state index in [1.165, 1.54) is 0 Å². The normalized spacial score (nSPS) is 10.4. The van der Waals surface area contributed by atoms with Crippen LogP contribution in [0.4, 0.5) is 11.4 Å². The van der Waals surface area contributed by atoms with Crippen LogP contribution in [0.1, 0.15) is 27.2 Å². The van der Waals surface area contributed by atoms with Crippen LogP contribution in [0.25, 0.3) is 0 Å². The van der Waals surface area contributed by atoms with Gasteiger partial charge in [0, 0.05) is 24.0 Å². The summed E-state index contributed by atoms with van der Waals surface area (Å²) in [5.74, 6) is 0.0512. The highest BCUT2D eigenvalue weighted by molar-refractivity contribution is 5.81. The zero-order valence-corrected chi connectivity index (χ0v) is 11.4. The Balaban J connectivity index is 2.70. The molecule has 3 N–H and O–H groups in total. The third-order valence-electron chi connectivity index (χ3n) is 2.54. The fourth-order valence-electron chi connectivity index (χ4n) is 1.80. The van der Waals surface area contributed by atoms with Gasteiger partial charge >= 0.3 is 0 Å². The Morgan fingerprint density at radius 1 is 1.33 bits per heavy atom. The van der Waals surface area contributed by atoms with Crippen LogP contribution in [-0.4, -0.2) is 25.0 Å². The summed E-state index contributed by atoms with van der Waals surface area (Å²) in [4.78, 5) is 13.9. The minimum absolute atomic E-state index is 0.0512. The molecule has 0 unspecified atom stereocenters. The van der Waals surface area contributed by atoms with Gasteiger partial charge in [-0.2, -0.15) is 0 Å². The quantitative estimate of drug-likeness (QED) is 0.758. The summed E-state index contributed by atoms with van der Waals surface area (Å²) in [7, 11) is 0. The van der Waals surface area contributed by atoms with Crippen molar-refractivity contribution in [2.24, 2.45) is 0 Å². The van der Waals surface area contributed by atoms with Crippen molar-refractivity contribution in [3.8, 4) is 0 Å². The third kappa shape index (κ3) is 4.65. The molecule has 0 aromatic heterocycles. The lowest BCUT2D eigenvalue weighted by atomic mass is 10.2. The van der Waals surface area contributed by atoms with Gasteiger partial charge in [0.2, 0.25) is 5.91 Å². The number of benzene rings is 1. The van der Waals surface area contributed by atoms with Gasteiger partial charge < -0.3 is 16.0 Å². The largest absolute Gasteiger partial charge is 0.399 e. The van der Waals surface area contributed by atoms with Crippen LogP contribution in [0.15, 0.2) is 24.3 Å². The number of nitrogens with one attached hydrogen (secondary N) is 1. The van der Waals surface area contributed by atoms with Crippen molar-refractivity contribution in [3.05, 3.63) is 24.3 Å². The molecule has 0 spiro atoms. The molecular formula is C14H23N3O. The molecule has 4 heteroatoms. The van der Waals surface area contributed by atoms with Crippen molar-refractivity contribution in [1.29, 1.82) is 0 Å². The average Bonchev–Trinajstić information content (AvgIpc) is 2.28. The Kier molecular flexibility index (Phi) is 5.49. The number of hydrogen-bond acceptors (Lipinski definition) is 3. The smallest absolute Gasteiger partial charge is 0.239 e. The number of nitrogens with two attached hydrogens (primary N) is 1. The van der Waals surface area contributed by atoms with Gasteiger partial charge in [-0.25, -0.2) is 0 Å². The van der Waals surface area contributed by atoms with E-state index < -0.39 is 0 Å². The summed E-state index contributed by atoms with van der Waals surface area (Å²) in [5, 5.41) is 2.91. The van der Waals surface area contributed by atoms with Gasteiger partial charge in [-0.3, -0.25) is 4.79 Å². The summed E-state index contributed by atoms with van der Waals surface area (Å²) in [5.41, 5.74) is 7.44. The Bertz CT molecular complexity index is 373. The first-order chi connectivity index (χ1) is 8.52. The molecule has 0 saturated carbocycles. The molecule has 0 radical (unpaired) electrons. The molecule has 1 rings (SSSR count). The van der Waals surface area contributed by atoms with E-state index in [0.29, 0.717) is 6.54 Å². The molecule has 0 heterocycles. The van der Waals surface area contributed by atoms with Crippen molar-refractivity contribution < 1.29 is 4.79 Å². The van der Waals surface area contributed by atoms with Gasteiger partial charge in [-0.1, -0.05) is 6.92 Å². The Morgan fingerprint density at radius 2 is 1.94 bits per heavy atom. The van der Waals surface area contributed by atoms with Crippen LogP contribution >= 0.6 is 0 Å². The zero-order valence-electron chi connectivity index (χ0n) is 11.4. The summed E-state index contributed by atoms with van der Waals surface area (Å²) in [6.07, 6.45) is 0.999.